The zero-order valence-corrected chi connectivity index (χ0v) is 18.5. The Morgan fingerprint density at radius 3 is 2.38 bits per heavy atom. The van der Waals surface area contributed by atoms with E-state index in [1.54, 1.807) is 0 Å². The fourth-order valence-corrected chi connectivity index (χ4v) is 4.76. The second-order valence-corrected chi connectivity index (χ2v) is 9.30. The van der Waals surface area contributed by atoms with Gasteiger partial charge < -0.3 is 0 Å². The lowest BCUT2D eigenvalue weighted by Gasteiger charge is -2.20. The van der Waals surface area contributed by atoms with Gasteiger partial charge in [-0.2, -0.15) is 26.7 Å². The molecule has 6 nitrogen and oxygen atoms in total. The summed E-state index contributed by atoms with van der Waals surface area (Å²) in [4.78, 5) is 0. The van der Waals surface area contributed by atoms with Gasteiger partial charge in [0, 0.05) is 11.3 Å². The number of halogens is 3. The maximum absolute atomic E-state index is 13.7. The van der Waals surface area contributed by atoms with Gasteiger partial charge in [0.05, 0.1) is 11.4 Å². The van der Waals surface area contributed by atoms with E-state index in [2.05, 4.69) is 22.0 Å². The van der Waals surface area contributed by atoms with Crippen LogP contribution in [-0.2, 0) is 29.2 Å². The Balaban J connectivity index is 1.76. The minimum atomic E-state index is -4.64. The molecule has 0 atom stereocenters. The third-order valence-corrected chi connectivity index (χ3v) is 6.22. The minimum absolute atomic E-state index is 0.184. The SMILES string of the molecule is NS(=O)(=O)Nc1ccc(-n2nc(C(F)(F)F)cc2-c2c3c(cc4ccccc24)CC=CC3)cc1. The van der Waals surface area contributed by atoms with Crippen molar-refractivity contribution in [3.63, 3.8) is 0 Å². The largest absolute Gasteiger partial charge is 0.435 e. The van der Waals surface area contributed by atoms with Crippen LogP contribution in [-0.4, -0.2) is 18.2 Å². The number of alkyl halides is 3. The summed E-state index contributed by atoms with van der Waals surface area (Å²) in [7, 11) is -3.98. The second kappa shape index (κ2) is 8.00. The van der Waals surface area contributed by atoms with E-state index in [0.717, 1.165) is 28.0 Å². The van der Waals surface area contributed by atoms with E-state index in [1.807, 2.05) is 30.3 Å². The first-order valence-corrected chi connectivity index (χ1v) is 11.9. The molecule has 5 rings (SSSR count). The van der Waals surface area contributed by atoms with Crippen LogP contribution in [0.5, 0.6) is 0 Å². The molecule has 1 aliphatic carbocycles. The van der Waals surface area contributed by atoms with Crippen LogP contribution >= 0.6 is 0 Å². The molecule has 0 bridgehead atoms. The molecule has 0 spiro atoms. The molecule has 1 aliphatic rings. The van der Waals surface area contributed by atoms with Gasteiger partial charge in [-0.1, -0.05) is 42.5 Å². The number of anilines is 1. The Hall–Kier alpha value is -3.63. The maximum Gasteiger partial charge on any atom is 0.435 e. The van der Waals surface area contributed by atoms with Crippen molar-refractivity contribution in [1.29, 1.82) is 0 Å². The average Bonchev–Trinajstić information content (AvgIpc) is 3.22. The molecular formula is C24H19F3N4O2S. The standard InChI is InChI=1S/C24H19F3N4O2S/c25-24(26,27)22-14-21(31(29-22)18-11-9-17(10-12-18)30-34(28,32)33)23-19-7-3-1-5-15(19)13-16-6-2-4-8-20(16)23/h1-5,7,9-14,30H,6,8H2,(H2,28,32,33). The first-order valence-electron chi connectivity index (χ1n) is 10.4. The smallest absolute Gasteiger partial charge is 0.271 e. The number of benzene rings is 3. The zero-order valence-electron chi connectivity index (χ0n) is 17.7. The van der Waals surface area contributed by atoms with Crippen molar-refractivity contribution in [1.82, 2.24) is 9.78 Å². The van der Waals surface area contributed by atoms with E-state index >= 15 is 0 Å². The predicted octanol–water partition coefficient (Wildman–Crippen LogP) is 4.98. The summed E-state index contributed by atoms with van der Waals surface area (Å²) >= 11 is 0. The van der Waals surface area contributed by atoms with E-state index in [4.69, 9.17) is 5.14 Å². The number of hydrogen-bond acceptors (Lipinski definition) is 3. The fourth-order valence-electron chi connectivity index (χ4n) is 4.30. The van der Waals surface area contributed by atoms with E-state index < -0.39 is 22.1 Å². The highest BCUT2D eigenvalue weighted by Gasteiger charge is 2.36. The number of nitrogens with one attached hydrogen (secondary N) is 1. The average molecular weight is 485 g/mol. The maximum atomic E-state index is 13.7. The third-order valence-electron chi connectivity index (χ3n) is 5.70. The number of hydrogen-bond donors (Lipinski definition) is 2. The lowest BCUT2D eigenvalue weighted by molar-refractivity contribution is -0.141. The third kappa shape index (κ3) is 4.17. The first kappa shape index (κ1) is 22.2. The van der Waals surface area contributed by atoms with Crippen molar-refractivity contribution >= 4 is 26.7 Å². The van der Waals surface area contributed by atoms with Gasteiger partial charge in [0.2, 0.25) is 0 Å². The summed E-state index contributed by atoms with van der Waals surface area (Å²) < 4.78 is 67.2. The molecule has 0 amide bonds. The van der Waals surface area contributed by atoms with Crippen LogP contribution in [0.2, 0.25) is 0 Å². The van der Waals surface area contributed by atoms with Crippen molar-refractivity contribution < 1.29 is 21.6 Å². The van der Waals surface area contributed by atoms with Crippen LogP contribution in [0.3, 0.4) is 0 Å². The lowest BCUT2D eigenvalue weighted by atomic mass is 9.86. The molecule has 3 aromatic carbocycles. The first-order chi connectivity index (χ1) is 16.1. The summed E-state index contributed by atoms with van der Waals surface area (Å²) in [5, 5.41) is 10.7. The highest BCUT2D eigenvalue weighted by Crippen LogP contribution is 2.40. The van der Waals surface area contributed by atoms with Crippen LogP contribution < -0.4 is 9.86 Å². The van der Waals surface area contributed by atoms with Crippen molar-refractivity contribution in [3.05, 3.63) is 89.6 Å². The molecular weight excluding hydrogens is 465 g/mol. The number of aromatic nitrogens is 2. The van der Waals surface area contributed by atoms with Gasteiger partial charge >= 0.3 is 6.18 Å². The van der Waals surface area contributed by atoms with Crippen molar-refractivity contribution in [2.75, 3.05) is 4.72 Å². The number of allylic oxidation sites excluding steroid dienone is 2. The van der Waals surface area contributed by atoms with Gasteiger partial charge in [-0.05, 0) is 65.1 Å². The summed E-state index contributed by atoms with van der Waals surface area (Å²) in [5.74, 6) is 0. The fraction of sp³-hybridized carbons (Fsp3) is 0.125. The molecule has 0 radical (unpaired) electrons. The number of rotatable bonds is 4. The summed E-state index contributed by atoms with van der Waals surface area (Å²) in [6.45, 7) is 0. The molecule has 0 saturated heterocycles. The van der Waals surface area contributed by atoms with E-state index in [1.165, 1.54) is 28.9 Å². The van der Waals surface area contributed by atoms with Crippen molar-refractivity contribution in [3.8, 4) is 16.9 Å². The number of fused-ring (bicyclic) bond motifs is 2. The van der Waals surface area contributed by atoms with Gasteiger partial charge in [-0.15, -0.1) is 0 Å². The van der Waals surface area contributed by atoms with Gasteiger partial charge in [0.1, 0.15) is 0 Å². The van der Waals surface area contributed by atoms with Crippen molar-refractivity contribution in [2.24, 2.45) is 5.14 Å². The second-order valence-electron chi connectivity index (χ2n) is 8.01. The normalized spacial score (nSPS) is 13.8. The molecule has 0 aliphatic heterocycles. The van der Waals surface area contributed by atoms with Crippen molar-refractivity contribution in [2.45, 2.75) is 19.0 Å². The van der Waals surface area contributed by atoms with E-state index in [-0.39, 0.29) is 5.69 Å². The molecule has 0 saturated carbocycles. The molecule has 10 heteroatoms. The van der Waals surface area contributed by atoms with Gasteiger partial charge in [0.15, 0.2) is 5.69 Å². The van der Waals surface area contributed by atoms with Gasteiger partial charge in [-0.3, -0.25) is 4.72 Å². The Morgan fingerprint density at radius 1 is 0.971 bits per heavy atom. The molecule has 0 unspecified atom stereocenters. The lowest BCUT2D eigenvalue weighted by Crippen LogP contribution is -2.21. The van der Waals surface area contributed by atoms with E-state index in [9.17, 15) is 21.6 Å². The molecule has 1 aromatic heterocycles. The zero-order chi connectivity index (χ0) is 24.1. The Labute approximate surface area is 193 Å². The number of nitrogens with zero attached hydrogens (tertiary/aromatic N) is 2. The Morgan fingerprint density at radius 2 is 1.68 bits per heavy atom. The monoisotopic (exact) mass is 484 g/mol. The highest BCUT2D eigenvalue weighted by atomic mass is 32.2. The highest BCUT2D eigenvalue weighted by molar-refractivity contribution is 7.90. The minimum Gasteiger partial charge on any atom is -0.271 e. The van der Waals surface area contributed by atoms with Crippen LogP contribution in [0.25, 0.3) is 27.7 Å². The summed E-state index contributed by atoms with van der Waals surface area (Å²) in [5.41, 5.74) is 2.55. The summed E-state index contributed by atoms with van der Waals surface area (Å²) in [6, 6.07) is 16.5. The van der Waals surface area contributed by atoms with Gasteiger partial charge in [0.25, 0.3) is 10.2 Å². The van der Waals surface area contributed by atoms with Gasteiger partial charge in [-0.25, -0.2) is 9.82 Å². The van der Waals surface area contributed by atoms with Crippen LogP contribution in [0.4, 0.5) is 18.9 Å². The van der Waals surface area contributed by atoms with Crippen LogP contribution in [0.15, 0.2) is 72.8 Å². The molecule has 174 valence electrons. The van der Waals surface area contributed by atoms with Crippen LogP contribution in [0, 0.1) is 0 Å². The Kier molecular flexibility index (Phi) is 5.22. The molecule has 34 heavy (non-hydrogen) atoms. The molecule has 0 fully saturated rings. The molecule has 4 aromatic rings. The predicted molar refractivity (Wildman–Crippen MR) is 125 cm³/mol. The molecule has 3 N–H and O–H groups in total. The van der Waals surface area contributed by atoms with Crippen LogP contribution in [0.1, 0.15) is 16.8 Å². The Bertz CT molecular complexity index is 1540. The summed E-state index contributed by atoms with van der Waals surface area (Å²) in [6.07, 6.45) is 0.719. The quantitative estimate of drug-likeness (QED) is 0.400. The number of nitrogens with two attached hydrogens (primary N) is 1. The topological polar surface area (TPSA) is 90.0 Å². The van der Waals surface area contributed by atoms with E-state index in [0.29, 0.717) is 29.8 Å². The molecule has 1 heterocycles.